The van der Waals surface area contributed by atoms with E-state index in [0.29, 0.717) is 5.56 Å². The quantitative estimate of drug-likeness (QED) is 0.352. The molecule has 0 aromatic heterocycles. The van der Waals surface area contributed by atoms with Crippen molar-refractivity contribution >= 4 is 0 Å². The van der Waals surface area contributed by atoms with Crippen LogP contribution in [-0.2, 0) is 6.42 Å². The van der Waals surface area contributed by atoms with Gasteiger partial charge < -0.3 is 4.74 Å². The summed E-state index contributed by atoms with van der Waals surface area (Å²) < 4.78 is 54.5. The maximum absolute atomic E-state index is 13.8. The molecule has 0 atom stereocenters. The first kappa shape index (κ1) is 19.8. The smallest absolute Gasteiger partial charge is 0.422 e. The van der Waals surface area contributed by atoms with Crippen LogP contribution in [0, 0.1) is 17.7 Å². The van der Waals surface area contributed by atoms with Crippen LogP contribution in [0.2, 0.25) is 0 Å². The van der Waals surface area contributed by atoms with Gasteiger partial charge in [0.1, 0.15) is 0 Å². The Morgan fingerprint density at radius 2 is 1.58 bits per heavy atom. The summed E-state index contributed by atoms with van der Waals surface area (Å²) in [5, 5.41) is 0. The molecule has 0 bridgehead atoms. The standard InChI is InChI=1S/C21H20F4O/c1-2-3-4-5-16-6-8-17(9-7-16)10-11-18-12-13-20(19(22)14-18)26-15-21(23,24)25/h6-9,12-14H,2-5,15H2,1H3. The third-order valence-electron chi connectivity index (χ3n) is 3.70. The highest BCUT2D eigenvalue weighted by atomic mass is 19.4. The largest absolute Gasteiger partial charge is 0.481 e. The van der Waals surface area contributed by atoms with Crippen molar-refractivity contribution in [3.63, 3.8) is 0 Å². The Morgan fingerprint density at radius 1 is 0.923 bits per heavy atom. The number of hydrogen-bond donors (Lipinski definition) is 0. The van der Waals surface area contributed by atoms with E-state index < -0.39 is 24.3 Å². The lowest BCUT2D eigenvalue weighted by Crippen LogP contribution is -2.19. The Kier molecular flexibility index (Phi) is 7.08. The Balaban J connectivity index is 1.99. The van der Waals surface area contributed by atoms with Crippen LogP contribution < -0.4 is 4.74 Å². The first-order chi connectivity index (χ1) is 12.4. The third kappa shape index (κ3) is 6.79. The molecule has 0 radical (unpaired) electrons. The highest BCUT2D eigenvalue weighted by Crippen LogP contribution is 2.22. The zero-order valence-electron chi connectivity index (χ0n) is 14.5. The Labute approximate surface area is 151 Å². The minimum atomic E-state index is -4.51. The maximum atomic E-state index is 13.8. The van der Waals surface area contributed by atoms with Crippen molar-refractivity contribution in [3.8, 4) is 17.6 Å². The molecule has 0 aliphatic rings. The van der Waals surface area contributed by atoms with E-state index in [1.165, 1.54) is 24.5 Å². The molecule has 0 spiro atoms. The summed E-state index contributed by atoms with van der Waals surface area (Å²) in [5.41, 5.74) is 2.41. The van der Waals surface area contributed by atoms with Gasteiger partial charge >= 0.3 is 6.18 Å². The molecule has 5 heteroatoms. The number of benzene rings is 2. The van der Waals surface area contributed by atoms with Gasteiger partial charge in [-0.1, -0.05) is 43.7 Å². The molecule has 0 unspecified atom stereocenters. The van der Waals surface area contributed by atoms with Gasteiger partial charge in [-0.3, -0.25) is 0 Å². The second-order valence-electron chi connectivity index (χ2n) is 5.95. The molecule has 1 nitrogen and oxygen atoms in total. The van der Waals surface area contributed by atoms with Crippen molar-refractivity contribution < 1.29 is 22.3 Å². The summed E-state index contributed by atoms with van der Waals surface area (Å²) >= 11 is 0. The molecular weight excluding hydrogens is 344 g/mol. The molecule has 0 heterocycles. The topological polar surface area (TPSA) is 9.23 Å². The van der Waals surface area contributed by atoms with Crippen molar-refractivity contribution in [2.75, 3.05) is 6.61 Å². The molecule has 0 fully saturated rings. The van der Waals surface area contributed by atoms with Crippen LogP contribution in [0.5, 0.6) is 5.75 Å². The van der Waals surface area contributed by atoms with E-state index in [2.05, 4.69) is 23.5 Å². The van der Waals surface area contributed by atoms with Crippen LogP contribution in [0.4, 0.5) is 17.6 Å². The van der Waals surface area contributed by atoms with Gasteiger partial charge in [-0.2, -0.15) is 13.2 Å². The molecule has 26 heavy (non-hydrogen) atoms. The van der Waals surface area contributed by atoms with Gasteiger partial charge in [-0.15, -0.1) is 0 Å². The lowest BCUT2D eigenvalue weighted by molar-refractivity contribution is -0.153. The van der Waals surface area contributed by atoms with Crippen molar-refractivity contribution in [1.82, 2.24) is 0 Å². The number of hydrogen-bond acceptors (Lipinski definition) is 1. The minimum Gasteiger partial charge on any atom is -0.481 e. The van der Waals surface area contributed by atoms with Crippen molar-refractivity contribution in [2.24, 2.45) is 0 Å². The van der Waals surface area contributed by atoms with Gasteiger partial charge in [0.2, 0.25) is 0 Å². The fourth-order valence-corrected chi connectivity index (χ4v) is 2.33. The predicted octanol–water partition coefficient (Wildman–Crippen LogP) is 5.90. The molecule has 0 aliphatic carbocycles. The van der Waals surface area contributed by atoms with Gasteiger partial charge in [0.25, 0.3) is 0 Å². The second-order valence-corrected chi connectivity index (χ2v) is 5.95. The number of ether oxygens (including phenoxy) is 1. The summed E-state index contributed by atoms with van der Waals surface area (Å²) in [4.78, 5) is 0. The minimum absolute atomic E-state index is 0.369. The molecule has 2 aromatic rings. The van der Waals surface area contributed by atoms with E-state index in [-0.39, 0.29) is 0 Å². The maximum Gasteiger partial charge on any atom is 0.422 e. The zero-order valence-corrected chi connectivity index (χ0v) is 14.5. The number of rotatable bonds is 6. The average Bonchev–Trinajstić information content (AvgIpc) is 2.59. The fourth-order valence-electron chi connectivity index (χ4n) is 2.33. The van der Waals surface area contributed by atoms with E-state index in [1.807, 2.05) is 24.3 Å². The van der Waals surface area contributed by atoms with Crippen molar-refractivity contribution in [1.29, 1.82) is 0 Å². The normalized spacial score (nSPS) is 11.0. The molecule has 0 N–H and O–H groups in total. The average molecular weight is 364 g/mol. The van der Waals surface area contributed by atoms with Gasteiger partial charge in [0, 0.05) is 11.1 Å². The Hall–Kier alpha value is -2.48. The molecule has 0 amide bonds. The molecule has 138 valence electrons. The van der Waals surface area contributed by atoms with Gasteiger partial charge in [-0.25, -0.2) is 4.39 Å². The first-order valence-electron chi connectivity index (χ1n) is 8.47. The van der Waals surface area contributed by atoms with Crippen LogP contribution in [-0.4, -0.2) is 12.8 Å². The monoisotopic (exact) mass is 364 g/mol. The summed E-state index contributed by atoms with van der Waals surface area (Å²) in [6, 6.07) is 11.5. The predicted molar refractivity (Wildman–Crippen MR) is 93.6 cm³/mol. The molecule has 0 aliphatic heterocycles. The fraction of sp³-hybridized carbons (Fsp3) is 0.333. The van der Waals surface area contributed by atoms with Gasteiger partial charge in [-0.05, 0) is 48.7 Å². The highest BCUT2D eigenvalue weighted by Gasteiger charge is 2.28. The molecular formula is C21H20F4O. The van der Waals surface area contributed by atoms with E-state index in [9.17, 15) is 17.6 Å². The lowest BCUT2D eigenvalue weighted by Gasteiger charge is -2.09. The number of halogens is 4. The van der Waals surface area contributed by atoms with Crippen LogP contribution in [0.1, 0.15) is 42.9 Å². The van der Waals surface area contributed by atoms with Gasteiger partial charge in [0.15, 0.2) is 18.2 Å². The molecule has 0 saturated heterocycles. The first-order valence-corrected chi connectivity index (χ1v) is 8.47. The third-order valence-corrected chi connectivity index (χ3v) is 3.70. The van der Waals surface area contributed by atoms with Gasteiger partial charge in [0.05, 0.1) is 0 Å². The number of aryl methyl sites for hydroxylation is 1. The van der Waals surface area contributed by atoms with E-state index in [1.54, 1.807) is 0 Å². The number of alkyl halides is 3. The second kappa shape index (κ2) is 9.28. The molecule has 2 aromatic carbocycles. The van der Waals surface area contributed by atoms with Crippen LogP contribution in [0.25, 0.3) is 0 Å². The Morgan fingerprint density at radius 3 is 2.19 bits per heavy atom. The molecule has 0 saturated carbocycles. The van der Waals surface area contributed by atoms with Crippen LogP contribution in [0.15, 0.2) is 42.5 Å². The summed E-state index contributed by atoms with van der Waals surface area (Å²) in [5.74, 6) is 4.42. The van der Waals surface area contributed by atoms with E-state index in [4.69, 9.17) is 0 Å². The Bertz CT molecular complexity index is 767. The zero-order chi connectivity index (χ0) is 19.0. The van der Waals surface area contributed by atoms with E-state index >= 15 is 0 Å². The summed E-state index contributed by atoms with van der Waals surface area (Å²) in [6.07, 6.45) is 0.0687. The summed E-state index contributed by atoms with van der Waals surface area (Å²) in [6.45, 7) is 0.635. The van der Waals surface area contributed by atoms with Crippen molar-refractivity contribution in [3.05, 3.63) is 65.0 Å². The summed E-state index contributed by atoms with van der Waals surface area (Å²) in [7, 11) is 0. The molecule has 2 rings (SSSR count). The van der Waals surface area contributed by atoms with E-state index in [0.717, 1.165) is 30.5 Å². The SMILES string of the molecule is CCCCCc1ccc(C#Cc2ccc(OCC(F)(F)F)c(F)c2)cc1. The lowest BCUT2D eigenvalue weighted by atomic mass is 10.1. The van der Waals surface area contributed by atoms with Crippen LogP contribution in [0.3, 0.4) is 0 Å². The van der Waals surface area contributed by atoms with Crippen LogP contribution >= 0.6 is 0 Å². The number of unbranched alkanes of at least 4 members (excludes halogenated alkanes) is 2. The van der Waals surface area contributed by atoms with Crippen molar-refractivity contribution in [2.45, 2.75) is 38.8 Å². The highest BCUT2D eigenvalue weighted by molar-refractivity contribution is 5.45.